The van der Waals surface area contributed by atoms with Gasteiger partial charge >= 0.3 is 0 Å². The molecule has 5 aromatic rings. The molecule has 0 aliphatic rings. The number of rotatable bonds is 10. The van der Waals surface area contributed by atoms with Crippen molar-refractivity contribution in [3.05, 3.63) is 72.0 Å². The van der Waals surface area contributed by atoms with E-state index in [1.165, 1.54) is 30.3 Å². The Morgan fingerprint density at radius 2 is 1.09 bits per heavy atom. The molecule has 0 aliphatic heterocycles. The van der Waals surface area contributed by atoms with Crippen LogP contribution in [-0.4, -0.2) is 190 Å². The first-order chi connectivity index (χ1) is 23.1. The van der Waals surface area contributed by atoms with Gasteiger partial charge in [-0.05, 0) is 54.1 Å². The Kier molecular flexibility index (Phi) is 18.6. The first-order valence-corrected chi connectivity index (χ1v) is 19.1. The van der Waals surface area contributed by atoms with E-state index in [4.69, 9.17) is 11.6 Å². The van der Waals surface area contributed by atoms with E-state index in [1.807, 2.05) is 0 Å². The third-order valence-electron chi connectivity index (χ3n) is 6.38. The van der Waals surface area contributed by atoms with E-state index >= 15 is 0 Å². The van der Waals surface area contributed by atoms with Gasteiger partial charge in [0.25, 0.3) is 40.5 Å². The van der Waals surface area contributed by atoms with Crippen molar-refractivity contribution >= 4 is 216 Å². The van der Waals surface area contributed by atoms with Crippen molar-refractivity contribution in [2.75, 3.05) is 10.6 Å². The first-order valence-electron chi connectivity index (χ1n) is 12.9. The molecular formula is C25H18ClN7Na4O13S4. The van der Waals surface area contributed by atoms with Crippen LogP contribution in [0.4, 0.5) is 34.6 Å². The monoisotopic (exact) mass is 879 g/mol. The molecule has 4 radical (unpaired) electrons. The molecule has 0 saturated heterocycles. The average molecular weight is 880 g/mol. The van der Waals surface area contributed by atoms with E-state index in [1.54, 1.807) is 0 Å². The van der Waals surface area contributed by atoms with Gasteiger partial charge in [-0.2, -0.15) is 48.6 Å². The molecule has 0 amide bonds. The molecule has 0 saturated carbocycles. The topological polar surface area (TPSA) is 325 Å². The maximum atomic E-state index is 12.3. The molecule has 20 nitrogen and oxygen atoms in total. The number of halogens is 1. The van der Waals surface area contributed by atoms with Gasteiger partial charge in [-0.1, -0.05) is 24.3 Å². The van der Waals surface area contributed by atoms with Crippen molar-refractivity contribution in [1.82, 2.24) is 15.0 Å². The second-order valence-electron chi connectivity index (χ2n) is 9.73. The number of anilines is 4. The van der Waals surface area contributed by atoms with Gasteiger partial charge in [0.1, 0.15) is 26.1 Å². The Labute approximate surface area is 400 Å². The number of azo groups is 1. The molecule has 4 aromatic carbocycles. The van der Waals surface area contributed by atoms with Crippen LogP contribution in [0.25, 0.3) is 10.8 Å². The zero-order valence-electron chi connectivity index (χ0n) is 28.1. The van der Waals surface area contributed by atoms with Crippen molar-refractivity contribution in [3.8, 4) is 5.75 Å². The van der Waals surface area contributed by atoms with Crippen LogP contribution in [-0.2, 0) is 40.5 Å². The van der Waals surface area contributed by atoms with E-state index in [0.717, 1.165) is 18.2 Å². The maximum Gasteiger partial charge on any atom is 0.296 e. The summed E-state index contributed by atoms with van der Waals surface area (Å²) in [5, 5.41) is 22.4. The summed E-state index contributed by atoms with van der Waals surface area (Å²) in [5.74, 6) is -1.53. The van der Waals surface area contributed by atoms with Gasteiger partial charge in [-0.25, -0.2) is 0 Å². The van der Waals surface area contributed by atoms with Gasteiger partial charge in [-0.15, -0.1) is 10.2 Å². The summed E-state index contributed by atoms with van der Waals surface area (Å²) >= 11 is 5.95. The van der Waals surface area contributed by atoms with Gasteiger partial charge in [-0.3, -0.25) is 18.2 Å². The number of nitrogens with one attached hydrogen (secondary N) is 2. The molecule has 266 valence electrons. The van der Waals surface area contributed by atoms with Gasteiger partial charge < -0.3 is 15.7 Å². The maximum absolute atomic E-state index is 12.3. The summed E-state index contributed by atoms with van der Waals surface area (Å²) in [5.41, 5.74) is -1.75. The minimum Gasteiger partial charge on any atom is -0.505 e. The van der Waals surface area contributed by atoms with Crippen LogP contribution in [0.3, 0.4) is 0 Å². The molecule has 5 rings (SSSR count). The molecule has 29 heteroatoms. The van der Waals surface area contributed by atoms with Crippen molar-refractivity contribution in [2.45, 2.75) is 19.6 Å². The number of phenols is 1. The summed E-state index contributed by atoms with van der Waals surface area (Å²) in [6.07, 6.45) is 0. The molecular weight excluding hydrogens is 862 g/mol. The minimum atomic E-state index is -5.05. The number of aromatic hydroxyl groups is 1. The average Bonchev–Trinajstić information content (AvgIpc) is 2.99. The van der Waals surface area contributed by atoms with Crippen LogP contribution in [0, 0.1) is 0 Å². The Balaban J connectivity index is 0.00000364. The number of hydrogen-bond donors (Lipinski definition) is 7. The fourth-order valence-corrected chi connectivity index (χ4v) is 6.96. The summed E-state index contributed by atoms with van der Waals surface area (Å²) in [6.45, 7) is 0. The Morgan fingerprint density at radius 1 is 0.556 bits per heavy atom. The van der Waals surface area contributed by atoms with Crippen LogP contribution in [0.2, 0.25) is 5.28 Å². The summed E-state index contributed by atoms with van der Waals surface area (Å²) in [7, 11) is -19.7. The molecule has 0 bridgehead atoms. The normalized spacial score (nSPS) is 11.8. The van der Waals surface area contributed by atoms with Gasteiger partial charge in [0.2, 0.25) is 17.2 Å². The van der Waals surface area contributed by atoms with Gasteiger partial charge in [0.05, 0.1) is 10.6 Å². The van der Waals surface area contributed by atoms with Crippen LogP contribution in [0.15, 0.2) is 96.5 Å². The molecule has 0 fully saturated rings. The first kappa shape index (κ1) is 51.1. The third-order valence-corrected chi connectivity index (χ3v) is 10.1. The van der Waals surface area contributed by atoms with Gasteiger partial charge in [0, 0.05) is 135 Å². The summed E-state index contributed by atoms with van der Waals surface area (Å²) < 4.78 is 134. The second kappa shape index (κ2) is 19.7. The fourth-order valence-electron chi connectivity index (χ4n) is 4.29. The number of hydrogen-bond acceptors (Lipinski definition) is 16. The Morgan fingerprint density at radius 3 is 1.65 bits per heavy atom. The van der Waals surface area contributed by atoms with E-state index in [2.05, 4.69) is 35.8 Å². The quantitative estimate of drug-likeness (QED) is 0.0602. The van der Waals surface area contributed by atoms with Crippen LogP contribution in [0.1, 0.15) is 0 Å². The second-order valence-corrected chi connectivity index (χ2v) is 15.7. The Hall–Kier alpha value is -0.920. The largest absolute Gasteiger partial charge is 0.505 e. The van der Waals surface area contributed by atoms with Gasteiger partial charge in [0.15, 0.2) is 5.75 Å². The number of aromatic nitrogens is 3. The number of fused-ring (bicyclic) bond motifs is 1. The standard InChI is InChI=1S/C25H18ClN7O13S4.4Na/c26-23-29-24(31-25(30-23)28-17-10-13(47(35,36)37)6-8-19(17)48(38,39)40)27-12-5-7-16(21(9-12)50(44,45)46)32-33-18-11-20(49(41,42)43)14-3-1-2-4-15(14)22(18)34;;;;/h1-11,34H,(H,35,36,37)(H,38,39,40)(H,41,42,43)(H,44,45,46)(H2,27,28,29,30,31);;;;. The molecule has 7 N–H and O–H groups in total. The van der Waals surface area contributed by atoms with Crippen molar-refractivity contribution in [1.29, 1.82) is 0 Å². The van der Waals surface area contributed by atoms with Crippen molar-refractivity contribution < 1.29 is 57.0 Å². The smallest absolute Gasteiger partial charge is 0.296 e. The van der Waals surface area contributed by atoms with E-state index < -0.39 is 100 Å². The molecule has 1 heterocycles. The van der Waals surface area contributed by atoms with E-state index in [-0.39, 0.29) is 135 Å². The predicted molar refractivity (Wildman–Crippen MR) is 196 cm³/mol. The predicted octanol–water partition coefficient (Wildman–Crippen LogP) is 2.75. The molecule has 0 atom stereocenters. The van der Waals surface area contributed by atoms with Crippen molar-refractivity contribution in [2.24, 2.45) is 10.2 Å². The number of nitrogens with zero attached hydrogens (tertiary/aromatic N) is 5. The molecule has 1 aromatic heterocycles. The molecule has 54 heavy (non-hydrogen) atoms. The fraction of sp³-hybridized carbons (Fsp3) is 0. The van der Waals surface area contributed by atoms with Crippen LogP contribution in [0.5, 0.6) is 5.75 Å². The van der Waals surface area contributed by atoms with Crippen LogP contribution >= 0.6 is 11.6 Å². The molecule has 0 unspecified atom stereocenters. The zero-order chi connectivity index (χ0) is 36.8. The molecule has 0 spiro atoms. The number of phenolic OH excluding ortho intramolecular Hbond substituents is 1. The summed E-state index contributed by atoms with van der Waals surface area (Å²) in [4.78, 5) is 8.34. The Bertz CT molecular complexity index is 2720. The number of benzene rings is 4. The molecule has 0 aliphatic carbocycles. The van der Waals surface area contributed by atoms with E-state index in [0.29, 0.717) is 18.2 Å². The SMILES string of the molecule is O=S(=O)(O)c1ccc(S(=O)(=O)O)c(Nc2nc(Cl)nc(Nc3ccc(N=Nc4cc(S(=O)(=O)O)c5ccccc5c4O)c(S(=O)(=O)O)c3)n2)c1.[Na].[Na].[Na].[Na]. The third kappa shape index (κ3) is 12.5. The van der Waals surface area contributed by atoms with E-state index in [9.17, 15) is 57.0 Å². The summed E-state index contributed by atoms with van der Waals surface area (Å²) in [6, 6.07) is 11.4. The van der Waals surface area contributed by atoms with Crippen LogP contribution < -0.4 is 10.6 Å². The zero-order valence-corrected chi connectivity index (χ0v) is 40.1. The van der Waals surface area contributed by atoms with Crippen molar-refractivity contribution in [3.63, 3.8) is 0 Å². The minimum absolute atomic E-state index is 0.